The van der Waals surface area contributed by atoms with Gasteiger partial charge in [0.25, 0.3) is 10.0 Å². The highest BCUT2D eigenvalue weighted by atomic mass is 79.9. The van der Waals surface area contributed by atoms with E-state index in [-0.39, 0.29) is 0 Å². The van der Waals surface area contributed by atoms with E-state index in [2.05, 4.69) is 26.0 Å². The van der Waals surface area contributed by atoms with Crippen molar-refractivity contribution in [3.63, 3.8) is 0 Å². The number of anilines is 1. The van der Waals surface area contributed by atoms with Crippen LogP contribution >= 0.6 is 27.3 Å². The Hall–Kier alpha value is -0.890. The second-order valence-corrected chi connectivity index (χ2v) is 8.15. The van der Waals surface area contributed by atoms with Gasteiger partial charge in [-0.2, -0.15) is 0 Å². The Kier molecular flexibility index (Phi) is 5.43. The van der Waals surface area contributed by atoms with E-state index in [1.807, 2.05) is 26.0 Å². The number of nitrogens with one attached hydrogen (secondary N) is 2. The average molecular weight is 389 g/mol. The van der Waals surface area contributed by atoms with Gasteiger partial charge in [0.15, 0.2) is 0 Å². The lowest BCUT2D eigenvalue weighted by molar-refractivity contribution is 0.601. The Morgan fingerprint density at radius 2 is 2.05 bits per heavy atom. The molecule has 2 aromatic rings. The van der Waals surface area contributed by atoms with Crippen molar-refractivity contribution in [3.05, 3.63) is 44.6 Å². The highest BCUT2D eigenvalue weighted by molar-refractivity contribution is 9.10. The van der Waals surface area contributed by atoms with Crippen molar-refractivity contribution in [2.45, 2.75) is 25.3 Å². The number of hydrogen-bond acceptors (Lipinski definition) is 4. The summed E-state index contributed by atoms with van der Waals surface area (Å²) in [6.45, 7) is 5.48. The van der Waals surface area contributed by atoms with Crippen LogP contribution in [0.1, 0.15) is 17.4 Å². The van der Waals surface area contributed by atoms with Gasteiger partial charge in [0.2, 0.25) is 0 Å². The number of aryl methyl sites for hydroxylation is 1. The lowest BCUT2D eigenvalue weighted by Gasteiger charge is -2.09. The standard InChI is InChI=1S/C14H17BrN2O2S2/c1-3-16-8-11-7-12(9-20-11)21(18,19)17-14-6-10(2)4-5-13(14)15/h4-7,9,16-17H,3,8H2,1-2H3. The molecular formula is C14H17BrN2O2S2. The molecule has 2 rings (SSSR count). The molecule has 0 saturated heterocycles. The monoisotopic (exact) mass is 388 g/mol. The minimum atomic E-state index is -3.55. The molecule has 2 N–H and O–H groups in total. The Balaban J connectivity index is 2.22. The summed E-state index contributed by atoms with van der Waals surface area (Å²) in [4.78, 5) is 1.30. The molecule has 4 nitrogen and oxygen atoms in total. The van der Waals surface area contributed by atoms with Crippen molar-refractivity contribution in [1.29, 1.82) is 0 Å². The van der Waals surface area contributed by atoms with Crippen molar-refractivity contribution in [2.75, 3.05) is 11.3 Å². The average Bonchev–Trinajstić information content (AvgIpc) is 2.90. The topological polar surface area (TPSA) is 58.2 Å². The van der Waals surface area contributed by atoms with E-state index < -0.39 is 10.0 Å². The normalized spacial score (nSPS) is 11.6. The molecule has 0 saturated carbocycles. The predicted molar refractivity (Wildman–Crippen MR) is 91.4 cm³/mol. The predicted octanol–water partition coefficient (Wildman–Crippen LogP) is 3.73. The number of hydrogen-bond donors (Lipinski definition) is 2. The molecule has 0 aliphatic carbocycles. The molecule has 1 heterocycles. The summed E-state index contributed by atoms with van der Waals surface area (Å²) in [7, 11) is -3.55. The smallest absolute Gasteiger partial charge is 0.262 e. The quantitative estimate of drug-likeness (QED) is 0.792. The Bertz CT molecular complexity index is 726. The van der Waals surface area contributed by atoms with Crippen LogP contribution in [0.25, 0.3) is 0 Å². The third-order valence-electron chi connectivity index (χ3n) is 2.86. The van der Waals surface area contributed by atoms with Crippen molar-refractivity contribution in [3.8, 4) is 0 Å². The van der Waals surface area contributed by atoms with E-state index in [0.717, 1.165) is 21.5 Å². The van der Waals surface area contributed by atoms with Crippen molar-refractivity contribution in [2.24, 2.45) is 0 Å². The molecular weight excluding hydrogens is 372 g/mol. The molecule has 0 aliphatic rings. The molecule has 0 atom stereocenters. The van der Waals surface area contributed by atoms with Crippen LogP contribution in [0.2, 0.25) is 0 Å². The van der Waals surface area contributed by atoms with E-state index in [1.165, 1.54) is 11.3 Å². The number of thiophene rings is 1. The molecule has 0 bridgehead atoms. The van der Waals surface area contributed by atoms with E-state index in [0.29, 0.717) is 17.1 Å². The SMILES string of the molecule is CCNCc1cc(S(=O)(=O)Nc2cc(C)ccc2Br)cs1. The molecule has 0 radical (unpaired) electrons. The lowest BCUT2D eigenvalue weighted by Crippen LogP contribution is -2.13. The maximum atomic E-state index is 12.4. The zero-order chi connectivity index (χ0) is 15.5. The molecule has 0 fully saturated rings. The van der Waals surface area contributed by atoms with E-state index in [1.54, 1.807) is 17.5 Å². The van der Waals surface area contributed by atoms with Crippen LogP contribution in [0.4, 0.5) is 5.69 Å². The number of benzene rings is 1. The Labute approximate surface area is 137 Å². The molecule has 1 aromatic heterocycles. The van der Waals surface area contributed by atoms with Crippen LogP contribution in [-0.4, -0.2) is 15.0 Å². The van der Waals surface area contributed by atoms with Gasteiger partial charge in [-0.25, -0.2) is 8.42 Å². The number of halogens is 1. The van der Waals surface area contributed by atoms with Gasteiger partial charge in [-0.15, -0.1) is 11.3 Å². The molecule has 0 spiro atoms. The summed E-state index contributed by atoms with van der Waals surface area (Å²) in [6, 6.07) is 7.26. The summed E-state index contributed by atoms with van der Waals surface area (Å²) in [6.07, 6.45) is 0. The van der Waals surface area contributed by atoms with E-state index >= 15 is 0 Å². The first-order chi connectivity index (χ1) is 9.92. The third kappa shape index (κ3) is 4.29. The fourth-order valence-corrected chi connectivity index (χ4v) is 4.56. The van der Waals surface area contributed by atoms with Gasteiger partial charge in [0.05, 0.1) is 10.6 Å². The zero-order valence-corrected chi connectivity index (χ0v) is 15.0. The number of sulfonamides is 1. The summed E-state index contributed by atoms with van der Waals surface area (Å²) in [5, 5.41) is 4.85. The van der Waals surface area contributed by atoms with Gasteiger partial charge in [0.1, 0.15) is 0 Å². The van der Waals surface area contributed by atoms with Crippen LogP contribution in [0.5, 0.6) is 0 Å². The fourth-order valence-electron chi connectivity index (χ4n) is 1.76. The van der Waals surface area contributed by atoms with Gasteiger partial charge >= 0.3 is 0 Å². The van der Waals surface area contributed by atoms with Crippen LogP contribution in [0.3, 0.4) is 0 Å². The number of rotatable bonds is 6. The first kappa shape index (κ1) is 16.5. The molecule has 1 aromatic carbocycles. The van der Waals surface area contributed by atoms with Crippen LogP contribution in [-0.2, 0) is 16.6 Å². The summed E-state index contributed by atoms with van der Waals surface area (Å²) < 4.78 is 28.2. The van der Waals surface area contributed by atoms with Crippen molar-refractivity contribution in [1.82, 2.24) is 5.32 Å². The highest BCUT2D eigenvalue weighted by Gasteiger charge is 2.17. The van der Waals surface area contributed by atoms with Crippen LogP contribution in [0, 0.1) is 6.92 Å². The second-order valence-electron chi connectivity index (χ2n) is 4.62. The summed E-state index contributed by atoms with van der Waals surface area (Å²) >= 11 is 4.80. The third-order valence-corrected chi connectivity index (χ3v) is 5.98. The Morgan fingerprint density at radius 3 is 2.76 bits per heavy atom. The van der Waals surface area contributed by atoms with Crippen molar-refractivity contribution >= 4 is 43.0 Å². The second kappa shape index (κ2) is 6.91. The highest BCUT2D eigenvalue weighted by Crippen LogP contribution is 2.27. The Morgan fingerprint density at radius 1 is 1.29 bits per heavy atom. The van der Waals surface area contributed by atoms with Gasteiger partial charge in [0, 0.05) is 21.3 Å². The fraction of sp³-hybridized carbons (Fsp3) is 0.286. The van der Waals surface area contributed by atoms with E-state index in [9.17, 15) is 8.42 Å². The van der Waals surface area contributed by atoms with Gasteiger partial charge in [-0.1, -0.05) is 13.0 Å². The minimum Gasteiger partial charge on any atom is -0.312 e. The molecule has 0 unspecified atom stereocenters. The molecule has 0 amide bonds. The first-order valence-corrected chi connectivity index (χ1v) is 9.65. The summed E-state index contributed by atoms with van der Waals surface area (Å²) in [5.74, 6) is 0. The largest absolute Gasteiger partial charge is 0.312 e. The maximum absolute atomic E-state index is 12.4. The molecule has 0 aliphatic heterocycles. The minimum absolute atomic E-state index is 0.300. The lowest BCUT2D eigenvalue weighted by atomic mass is 10.2. The summed E-state index contributed by atoms with van der Waals surface area (Å²) in [5.41, 5.74) is 1.54. The van der Waals surface area contributed by atoms with Gasteiger partial charge in [-0.05, 0) is 53.2 Å². The van der Waals surface area contributed by atoms with Crippen molar-refractivity contribution < 1.29 is 8.42 Å². The maximum Gasteiger partial charge on any atom is 0.262 e. The molecule has 21 heavy (non-hydrogen) atoms. The molecule has 114 valence electrons. The van der Waals surface area contributed by atoms with Gasteiger partial charge in [-0.3, -0.25) is 4.72 Å². The van der Waals surface area contributed by atoms with Crippen LogP contribution < -0.4 is 10.0 Å². The first-order valence-electron chi connectivity index (χ1n) is 6.49. The van der Waals surface area contributed by atoms with Crippen LogP contribution in [0.15, 0.2) is 39.0 Å². The van der Waals surface area contributed by atoms with Gasteiger partial charge < -0.3 is 5.32 Å². The zero-order valence-electron chi connectivity index (χ0n) is 11.8. The molecule has 7 heteroatoms. The van der Waals surface area contributed by atoms with E-state index in [4.69, 9.17) is 0 Å².